The van der Waals surface area contributed by atoms with Crippen LogP contribution in [0.1, 0.15) is 35.1 Å². The van der Waals surface area contributed by atoms with Crippen LogP contribution in [0, 0.1) is 12.7 Å². The summed E-state index contributed by atoms with van der Waals surface area (Å²) in [5.74, 6) is 0.179. The number of nitrogen functional groups attached to an aromatic ring is 1. The highest BCUT2D eigenvalue weighted by molar-refractivity contribution is 7.27. The summed E-state index contributed by atoms with van der Waals surface area (Å²) in [5, 5.41) is 3.76. The molecule has 2 unspecified atom stereocenters. The second-order valence-electron chi connectivity index (χ2n) is 9.20. The predicted octanol–water partition coefficient (Wildman–Crippen LogP) is 2.96. The van der Waals surface area contributed by atoms with Crippen LogP contribution in [0.4, 0.5) is 16.0 Å². The molecule has 0 bridgehead atoms. The van der Waals surface area contributed by atoms with Crippen molar-refractivity contribution in [3.8, 4) is 11.5 Å². The Morgan fingerprint density at radius 2 is 1.86 bits per heavy atom. The van der Waals surface area contributed by atoms with Crippen molar-refractivity contribution >= 4 is 37.7 Å². The topological polar surface area (TPSA) is 124 Å². The Bertz CT molecular complexity index is 1700. The van der Waals surface area contributed by atoms with E-state index in [0.29, 0.717) is 40.5 Å². The van der Waals surface area contributed by atoms with E-state index in [1.165, 1.54) is 12.1 Å². The monoisotopic (exact) mass is 512 g/mol. The Kier molecular flexibility index (Phi) is 5.24. The number of hydrogen-bond donors (Lipinski definition) is 2. The first kappa shape index (κ1) is 23.1. The molecule has 184 valence electrons. The molecule has 1 aliphatic heterocycles. The summed E-state index contributed by atoms with van der Waals surface area (Å²) >= 11 is 0. The van der Waals surface area contributed by atoms with Gasteiger partial charge in [-0.2, -0.15) is 0 Å². The molecule has 11 heteroatoms. The average Bonchev–Trinajstić information content (AvgIpc) is 3.37. The van der Waals surface area contributed by atoms with Gasteiger partial charge in [0.15, 0.2) is 11.5 Å². The highest BCUT2D eigenvalue weighted by Crippen LogP contribution is 2.44. The number of fused-ring (bicyclic) bond motifs is 2. The Hall–Kier alpha value is -4.30. The van der Waals surface area contributed by atoms with Crippen molar-refractivity contribution in [1.82, 2.24) is 29.3 Å². The zero-order valence-electron chi connectivity index (χ0n) is 20.0. The fourth-order valence-electron chi connectivity index (χ4n) is 4.67. The van der Waals surface area contributed by atoms with E-state index >= 15 is 0 Å². The maximum atomic E-state index is 13.4. The van der Waals surface area contributed by atoms with Crippen molar-refractivity contribution in [2.45, 2.75) is 25.7 Å². The summed E-state index contributed by atoms with van der Waals surface area (Å²) in [6, 6.07) is 9.92. The van der Waals surface area contributed by atoms with Crippen LogP contribution in [0.3, 0.4) is 0 Å². The Labute approximate surface area is 213 Å². The van der Waals surface area contributed by atoms with E-state index in [0.717, 1.165) is 16.6 Å². The van der Waals surface area contributed by atoms with Gasteiger partial charge < -0.3 is 15.5 Å². The van der Waals surface area contributed by atoms with Gasteiger partial charge in [-0.15, -0.1) is 9.24 Å². The third-order valence-corrected chi connectivity index (χ3v) is 6.90. The van der Waals surface area contributed by atoms with Crippen LogP contribution in [0.2, 0.25) is 0 Å². The number of rotatable bonds is 4. The van der Waals surface area contributed by atoms with Crippen molar-refractivity contribution in [3.63, 3.8) is 0 Å². The number of hydrogen-bond acceptors (Lipinski definition) is 7. The lowest BCUT2D eigenvalue weighted by molar-refractivity contribution is -0.119. The fraction of sp³-hybridized carbons (Fsp3) is 0.154. The minimum Gasteiger partial charge on any atom is -0.383 e. The van der Waals surface area contributed by atoms with Crippen molar-refractivity contribution in [2.24, 2.45) is 0 Å². The summed E-state index contributed by atoms with van der Waals surface area (Å²) in [5.41, 5.74) is 9.87. The summed E-state index contributed by atoms with van der Waals surface area (Å²) in [7, 11) is 2.57. The van der Waals surface area contributed by atoms with Crippen LogP contribution in [-0.4, -0.2) is 35.2 Å². The van der Waals surface area contributed by atoms with Crippen molar-refractivity contribution in [2.75, 3.05) is 11.1 Å². The number of benzene rings is 1. The Morgan fingerprint density at radius 3 is 2.59 bits per heavy atom. The van der Waals surface area contributed by atoms with Gasteiger partial charge in [0.2, 0.25) is 5.91 Å². The SMILES string of the molecule is Cc1cn2cc(-c3nc(N)c4c(n3)NC(=O)C4(C)c3ccc(P)cn3)nc(Cc3ccc(F)cc3)c2n1. The van der Waals surface area contributed by atoms with Gasteiger partial charge in [0.05, 0.1) is 22.6 Å². The highest BCUT2D eigenvalue weighted by atomic mass is 31.0. The number of anilines is 2. The number of aromatic nitrogens is 6. The van der Waals surface area contributed by atoms with Crippen LogP contribution in [0.5, 0.6) is 0 Å². The molecule has 1 amide bonds. The number of pyridine rings is 1. The maximum Gasteiger partial charge on any atom is 0.242 e. The predicted molar refractivity (Wildman–Crippen MR) is 141 cm³/mol. The van der Waals surface area contributed by atoms with Crippen molar-refractivity contribution < 1.29 is 9.18 Å². The molecule has 4 aromatic heterocycles. The van der Waals surface area contributed by atoms with Crippen molar-refractivity contribution in [3.05, 3.63) is 89.0 Å². The van der Waals surface area contributed by atoms with Gasteiger partial charge in [-0.3, -0.25) is 9.78 Å². The second-order valence-corrected chi connectivity index (χ2v) is 9.87. The number of aryl methyl sites for hydroxylation is 1. The lowest BCUT2D eigenvalue weighted by Crippen LogP contribution is -2.34. The first-order valence-corrected chi connectivity index (χ1v) is 12.1. The number of carbonyl (C=O) groups is 1. The van der Waals surface area contributed by atoms with E-state index < -0.39 is 5.41 Å². The second kappa shape index (κ2) is 8.38. The molecule has 6 rings (SSSR count). The molecule has 2 atom stereocenters. The average molecular weight is 512 g/mol. The largest absolute Gasteiger partial charge is 0.383 e. The third-order valence-electron chi connectivity index (χ3n) is 6.56. The molecular weight excluding hydrogens is 490 g/mol. The molecular formula is C26H22FN8OP. The number of nitrogens with one attached hydrogen (secondary N) is 1. The van der Waals surface area contributed by atoms with Crippen LogP contribution in [0.15, 0.2) is 55.0 Å². The van der Waals surface area contributed by atoms with Gasteiger partial charge in [-0.25, -0.2) is 24.3 Å². The number of nitrogens with zero attached hydrogens (tertiary/aromatic N) is 6. The number of nitrogens with two attached hydrogens (primary N) is 1. The van der Waals surface area contributed by atoms with Gasteiger partial charge in [0, 0.05) is 25.0 Å². The highest BCUT2D eigenvalue weighted by Gasteiger charge is 2.48. The van der Waals surface area contributed by atoms with E-state index in [4.69, 9.17) is 10.7 Å². The molecule has 0 saturated carbocycles. The van der Waals surface area contributed by atoms with Crippen LogP contribution in [-0.2, 0) is 16.6 Å². The van der Waals surface area contributed by atoms with Gasteiger partial charge in [-0.05, 0) is 42.9 Å². The molecule has 5 heterocycles. The smallest absolute Gasteiger partial charge is 0.242 e. The Balaban J connectivity index is 1.47. The van der Waals surface area contributed by atoms with Crippen LogP contribution in [0.25, 0.3) is 17.2 Å². The first-order chi connectivity index (χ1) is 17.7. The molecule has 1 aliphatic rings. The standard InChI is InChI=1S/C26H22FN8OP/c1-13-11-35-12-18(31-17(24(35)30-13)9-14-3-5-15(27)6-4-14)22-32-21(28)20-23(33-22)34-25(36)26(20,2)19-8-7-16(37)10-29-19/h3-8,10-12H,9,37H2,1-2H3,(H3,28,32,33,34,36). The molecule has 3 N–H and O–H groups in total. The van der Waals surface area contributed by atoms with Crippen molar-refractivity contribution in [1.29, 1.82) is 0 Å². The van der Waals surface area contributed by atoms with Gasteiger partial charge in [-0.1, -0.05) is 18.2 Å². The van der Waals surface area contributed by atoms with E-state index in [-0.39, 0.29) is 23.4 Å². The molecule has 9 nitrogen and oxygen atoms in total. The number of imidazole rings is 1. The van der Waals surface area contributed by atoms with Crippen LogP contribution >= 0.6 is 9.24 Å². The quantitative estimate of drug-likeness (QED) is 0.355. The molecule has 37 heavy (non-hydrogen) atoms. The molecule has 0 aliphatic carbocycles. The summed E-state index contributed by atoms with van der Waals surface area (Å²) in [6.07, 6.45) is 5.77. The van der Waals surface area contributed by atoms with E-state index in [1.54, 1.807) is 37.5 Å². The summed E-state index contributed by atoms with van der Waals surface area (Å²) in [6.45, 7) is 3.66. The minimum atomic E-state index is -1.14. The number of halogens is 1. The number of carbonyl (C=O) groups excluding carboxylic acids is 1. The third kappa shape index (κ3) is 3.81. The molecule has 1 aromatic carbocycles. The normalized spacial score (nSPS) is 16.7. The maximum absolute atomic E-state index is 13.4. The zero-order valence-corrected chi connectivity index (χ0v) is 21.2. The molecule has 0 spiro atoms. The van der Waals surface area contributed by atoms with Gasteiger partial charge in [0.25, 0.3) is 0 Å². The molecule has 0 radical (unpaired) electrons. The fourth-order valence-corrected chi connectivity index (χ4v) is 4.84. The molecule has 0 saturated heterocycles. The molecule has 0 fully saturated rings. The summed E-state index contributed by atoms with van der Waals surface area (Å²) < 4.78 is 15.3. The minimum absolute atomic E-state index is 0.168. The zero-order chi connectivity index (χ0) is 25.9. The van der Waals surface area contributed by atoms with Gasteiger partial charge >= 0.3 is 0 Å². The van der Waals surface area contributed by atoms with E-state index in [9.17, 15) is 9.18 Å². The van der Waals surface area contributed by atoms with Crippen LogP contribution < -0.4 is 16.4 Å². The first-order valence-electron chi connectivity index (χ1n) is 11.5. The number of amides is 1. The van der Waals surface area contributed by atoms with E-state index in [1.807, 2.05) is 23.6 Å². The van der Waals surface area contributed by atoms with Gasteiger partial charge in [0.1, 0.15) is 28.6 Å². The lowest BCUT2D eigenvalue weighted by atomic mass is 9.81. The summed E-state index contributed by atoms with van der Waals surface area (Å²) in [4.78, 5) is 36.2. The lowest BCUT2D eigenvalue weighted by Gasteiger charge is -2.22. The van der Waals surface area contributed by atoms with E-state index in [2.05, 4.69) is 34.5 Å². The Morgan fingerprint density at radius 1 is 1.08 bits per heavy atom. The molecule has 5 aromatic rings.